The van der Waals surface area contributed by atoms with Crippen LogP contribution in [0.25, 0.3) is 0 Å². The summed E-state index contributed by atoms with van der Waals surface area (Å²) in [6.45, 7) is 2.02. The van der Waals surface area contributed by atoms with Crippen LogP contribution in [0.5, 0.6) is 0 Å². The van der Waals surface area contributed by atoms with E-state index in [0.29, 0.717) is 5.02 Å². The molecule has 47 valence electrons. The Morgan fingerprint density at radius 2 is 2.56 bits per heavy atom. The van der Waals surface area contributed by atoms with E-state index in [4.69, 9.17) is 11.6 Å². The van der Waals surface area contributed by atoms with E-state index < -0.39 is 0 Å². The third-order valence-corrected chi connectivity index (χ3v) is 1.27. The molecule has 0 aliphatic carbocycles. The van der Waals surface area contributed by atoms with E-state index in [1.807, 2.05) is 6.92 Å². The van der Waals surface area contributed by atoms with Gasteiger partial charge in [0.1, 0.15) is 0 Å². The Kier molecular flexibility index (Phi) is 2.06. The molecule has 0 spiro atoms. The zero-order valence-electron chi connectivity index (χ0n) is 5.19. The van der Waals surface area contributed by atoms with Gasteiger partial charge in [-0.05, 0) is 12.5 Å². The van der Waals surface area contributed by atoms with Crippen molar-refractivity contribution in [1.82, 2.24) is 4.98 Å². The Morgan fingerprint density at radius 1 is 1.78 bits per heavy atom. The summed E-state index contributed by atoms with van der Waals surface area (Å²) < 4.78 is 0. The molecule has 0 aromatic carbocycles. The molecule has 0 unspecified atom stereocenters. The molecule has 0 N–H and O–H groups in total. The first-order chi connectivity index (χ1) is 4.33. The molecule has 0 fully saturated rings. The number of halogens is 1. The maximum absolute atomic E-state index is 5.63. The lowest BCUT2D eigenvalue weighted by Crippen LogP contribution is -1.83. The fourth-order valence-corrected chi connectivity index (χ4v) is 0.750. The van der Waals surface area contributed by atoms with Gasteiger partial charge in [-0.25, -0.2) is 0 Å². The first-order valence-corrected chi connectivity index (χ1v) is 3.23. The second kappa shape index (κ2) is 2.83. The summed E-state index contributed by atoms with van der Waals surface area (Å²) in [5.74, 6) is 0. The van der Waals surface area contributed by atoms with Gasteiger partial charge in [0.05, 0.1) is 5.02 Å². The molecule has 1 nitrogen and oxygen atoms in total. The number of hydrogen-bond donors (Lipinski definition) is 0. The van der Waals surface area contributed by atoms with E-state index in [2.05, 4.69) is 11.1 Å². The molecule has 0 amide bonds. The molecular weight excluding hydrogens is 134 g/mol. The lowest BCUT2D eigenvalue weighted by atomic mass is 10.3. The molecule has 2 heteroatoms. The molecule has 9 heavy (non-hydrogen) atoms. The van der Waals surface area contributed by atoms with Crippen molar-refractivity contribution in [2.75, 3.05) is 0 Å². The number of aryl methyl sites for hydroxylation is 1. The van der Waals surface area contributed by atoms with Crippen molar-refractivity contribution >= 4 is 11.6 Å². The molecular formula is C7H7ClN. The molecule has 0 bridgehead atoms. The zero-order chi connectivity index (χ0) is 6.69. The van der Waals surface area contributed by atoms with Crippen molar-refractivity contribution in [1.29, 1.82) is 0 Å². The highest BCUT2D eigenvalue weighted by Gasteiger charge is 1.90. The standard InChI is InChI=1S/C7H7ClN/c1-2-7-5-6(8)3-4-9-7/h3-4H,2H2,1H3. The average Bonchev–Trinajstić information content (AvgIpc) is 1.88. The summed E-state index contributed by atoms with van der Waals surface area (Å²) in [6, 6.07) is 4.63. The number of rotatable bonds is 1. The lowest BCUT2D eigenvalue weighted by molar-refractivity contribution is 1.03. The minimum absolute atomic E-state index is 0.641. The molecule has 0 aliphatic rings. The number of nitrogens with zero attached hydrogens (tertiary/aromatic N) is 1. The molecule has 1 radical (unpaired) electrons. The van der Waals surface area contributed by atoms with Gasteiger partial charge in [-0.3, -0.25) is 4.98 Å². The number of pyridine rings is 1. The fourth-order valence-electron chi connectivity index (χ4n) is 0.584. The Balaban J connectivity index is 2.94. The summed E-state index contributed by atoms with van der Waals surface area (Å²) in [5, 5.41) is 0.641. The molecule has 1 aromatic rings. The smallest absolute Gasteiger partial charge is 0.0519 e. The SMILES string of the molecule is CCc1[c]c(Cl)ccn1. The van der Waals surface area contributed by atoms with Crippen molar-refractivity contribution < 1.29 is 0 Å². The van der Waals surface area contributed by atoms with Gasteiger partial charge in [0.25, 0.3) is 0 Å². The Labute approximate surface area is 59.7 Å². The first kappa shape index (κ1) is 6.56. The fraction of sp³-hybridized carbons (Fsp3) is 0.286. The van der Waals surface area contributed by atoms with Crippen LogP contribution < -0.4 is 0 Å². The van der Waals surface area contributed by atoms with Gasteiger partial charge in [0, 0.05) is 18.0 Å². The van der Waals surface area contributed by atoms with E-state index in [1.165, 1.54) is 0 Å². The monoisotopic (exact) mass is 140 g/mol. The molecule has 1 aromatic heterocycles. The van der Waals surface area contributed by atoms with Gasteiger partial charge in [-0.2, -0.15) is 0 Å². The van der Waals surface area contributed by atoms with Crippen molar-refractivity contribution in [3.63, 3.8) is 0 Å². The van der Waals surface area contributed by atoms with Crippen LogP contribution >= 0.6 is 11.6 Å². The van der Waals surface area contributed by atoms with Crippen molar-refractivity contribution in [3.8, 4) is 0 Å². The van der Waals surface area contributed by atoms with Gasteiger partial charge < -0.3 is 0 Å². The minimum Gasteiger partial charge on any atom is -0.261 e. The zero-order valence-corrected chi connectivity index (χ0v) is 5.94. The Bertz CT molecular complexity index is 198. The van der Waals surface area contributed by atoms with E-state index >= 15 is 0 Å². The predicted octanol–water partition coefficient (Wildman–Crippen LogP) is 2.10. The molecule has 0 atom stereocenters. The summed E-state index contributed by atoms with van der Waals surface area (Å²) in [6.07, 6.45) is 2.58. The largest absolute Gasteiger partial charge is 0.261 e. The molecule has 1 heterocycles. The quantitative estimate of drug-likeness (QED) is 0.582. The highest BCUT2D eigenvalue weighted by atomic mass is 35.5. The van der Waals surface area contributed by atoms with Crippen LogP contribution in [-0.4, -0.2) is 4.98 Å². The maximum Gasteiger partial charge on any atom is 0.0519 e. The molecule has 0 saturated carbocycles. The summed E-state index contributed by atoms with van der Waals surface area (Å²) in [5.41, 5.74) is 0.919. The van der Waals surface area contributed by atoms with Crippen molar-refractivity contribution in [2.45, 2.75) is 13.3 Å². The third kappa shape index (κ3) is 1.68. The van der Waals surface area contributed by atoms with Crippen molar-refractivity contribution in [3.05, 3.63) is 29.0 Å². The highest BCUT2D eigenvalue weighted by molar-refractivity contribution is 6.30. The van der Waals surface area contributed by atoms with Gasteiger partial charge in [0.15, 0.2) is 0 Å². The Hall–Kier alpha value is -0.560. The third-order valence-electron chi connectivity index (χ3n) is 1.05. The van der Waals surface area contributed by atoms with Gasteiger partial charge in [-0.15, -0.1) is 0 Å². The molecule has 0 aliphatic heterocycles. The lowest BCUT2D eigenvalue weighted by Gasteiger charge is -1.91. The molecule has 0 saturated heterocycles. The van der Waals surface area contributed by atoms with Gasteiger partial charge in [-0.1, -0.05) is 18.5 Å². The number of hydrogen-bond acceptors (Lipinski definition) is 1. The van der Waals surface area contributed by atoms with E-state index in [-0.39, 0.29) is 0 Å². The van der Waals surface area contributed by atoms with Crippen LogP contribution in [0.15, 0.2) is 12.3 Å². The number of aromatic nitrogens is 1. The topological polar surface area (TPSA) is 12.9 Å². The summed E-state index contributed by atoms with van der Waals surface area (Å²) >= 11 is 5.63. The van der Waals surface area contributed by atoms with Crippen LogP contribution in [-0.2, 0) is 6.42 Å². The Morgan fingerprint density at radius 3 is 3.00 bits per heavy atom. The van der Waals surface area contributed by atoms with Crippen molar-refractivity contribution in [2.24, 2.45) is 0 Å². The average molecular weight is 141 g/mol. The van der Waals surface area contributed by atoms with Crippen LogP contribution in [0, 0.1) is 6.07 Å². The van der Waals surface area contributed by atoms with Gasteiger partial charge in [0.2, 0.25) is 0 Å². The van der Waals surface area contributed by atoms with Crippen LogP contribution in [0.3, 0.4) is 0 Å². The predicted molar refractivity (Wildman–Crippen MR) is 37.5 cm³/mol. The first-order valence-electron chi connectivity index (χ1n) is 2.85. The summed E-state index contributed by atoms with van der Waals surface area (Å²) in [7, 11) is 0. The normalized spacial score (nSPS) is 9.56. The van der Waals surface area contributed by atoms with E-state index in [0.717, 1.165) is 12.1 Å². The second-order valence-electron chi connectivity index (χ2n) is 1.72. The van der Waals surface area contributed by atoms with Crippen LogP contribution in [0.4, 0.5) is 0 Å². The highest BCUT2D eigenvalue weighted by Crippen LogP contribution is 2.06. The summed E-state index contributed by atoms with van der Waals surface area (Å²) in [4.78, 5) is 4.02. The van der Waals surface area contributed by atoms with E-state index in [9.17, 15) is 0 Å². The molecule has 1 rings (SSSR count). The minimum atomic E-state index is 0.641. The van der Waals surface area contributed by atoms with Crippen LogP contribution in [0.1, 0.15) is 12.6 Å². The van der Waals surface area contributed by atoms with Crippen LogP contribution in [0.2, 0.25) is 5.02 Å². The second-order valence-corrected chi connectivity index (χ2v) is 2.13. The maximum atomic E-state index is 5.63. The van der Waals surface area contributed by atoms with E-state index in [1.54, 1.807) is 12.3 Å². The van der Waals surface area contributed by atoms with Gasteiger partial charge >= 0.3 is 0 Å².